The summed E-state index contributed by atoms with van der Waals surface area (Å²) >= 11 is 3.44. The topological polar surface area (TPSA) is 34.1 Å². The van der Waals surface area contributed by atoms with E-state index in [-0.39, 0.29) is 12.1 Å². The summed E-state index contributed by atoms with van der Waals surface area (Å²) < 4.78 is 6.66. The van der Waals surface area contributed by atoms with Gasteiger partial charge in [0, 0.05) is 29.5 Å². The lowest BCUT2D eigenvalue weighted by Crippen LogP contribution is -2.18. The molecule has 0 radical (unpaired) electrons. The highest BCUT2D eigenvalue weighted by Crippen LogP contribution is 2.19. The van der Waals surface area contributed by atoms with Crippen LogP contribution >= 0.6 is 15.9 Å². The van der Waals surface area contributed by atoms with Crippen LogP contribution in [0.15, 0.2) is 47.2 Å². The first-order valence-corrected chi connectivity index (χ1v) is 7.93. The van der Waals surface area contributed by atoms with Crippen molar-refractivity contribution in [2.24, 2.45) is 0 Å². The van der Waals surface area contributed by atoms with Gasteiger partial charge in [0.05, 0.1) is 6.10 Å². The molecule has 0 saturated carbocycles. The van der Waals surface area contributed by atoms with Crippen molar-refractivity contribution < 1.29 is 4.74 Å². The third kappa shape index (κ3) is 5.14. The lowest BCUT2D eigenvalue weighted by Gasteiger charge is -2.16. The van der Waals surface area contributed by atoms with E-state index in [4.69, 9.17) is 4.74 Å². The average molecular weight is 349 g/mol. The van der Waals surface area contributed by atoms with Crippen molar-refractivity contribution in [2.45, 2.75) is 39.5 Å². The van der Waals surface area contributed by atoms with Crippen LogP contribution in [-0.2, 0) is 6.54 Å². The van der Waals surface area contributed by atoms with Gasteiger partial charge in [-0.3, -0.25) is 4.98 Å². The summed E-state index contributed by atoms with van der Waals surface area (Å²) in [4.78, 5) is 4.17. The molecule has 1 unspecified atom stereocenters. The van der Waals surface area contributed by atoms with E-state index in [2.05, 4.69) is 51.4 Å². The second-order valence-electron chi connectivity index (χ2n) is 5.35. The Morgan fingerprint density at radius 2 is 1.86 bits per heavy atom. The Kier molecular flexibility index (Phi) is 5.76. The molecule has 1 heterocycles. The van der Waals surface area contributed by atoms with Crippen molar-refractivity contribution in [1.82, 2.24) is 10.3 Å². The van der Waals surface area contributed by atoms with Crippen LogP contribution in [0.25, 0.3) is 0 Å². The lowest BCUT2D eigenvalue weighted by molar-refractivity contribution is 0.242. The fraction of sp³-hybridized carbons (Fsp3) is 0.353. The van der Waals surface area contributed by atoms with E-state index in [9.17, 15) is 0 Å². The van der Waals surface area contributed by atoms with E-state index in [0.717, 1.165) is 22.3 Å². The Labute approximate surface area is 134 Å². The zero-order valence-electron chi connectivity index (χ0n) is 12.6. The molecule has 0 bridgehead atoms. The summed E-state index contributed by atoms with van der Waals surface area (Å²) in [5, 5.41) is 3.50. The Hall–Kier alpha value is -1.39. The molecule has 0 aliphatic rings. The third-order valence-corrected chi connectivity index (χ3v) is 3.56. The number of hydrogen-bond donors (Lipinski definition) is 1. The van der Waals surface area contributed by atoms with Gasteiger partial charge in [-0.2, -0.15) is 0 Å². The van der Waals surface area contributed by atoms with Gasteiger partial charge in [-0.25, -0.2) is 0 Å². The molecule has 1 aromatic carbocycles. The molecule has 0 aliphatic carbocycles. The molecule has 3 nitrogen and oxygen atoms in total. The number of ether oxygens (including phenoxy) is 1. The minimum atomic E-state index is 0.204. The fourth-order valence-electron chi connectivity index (χ4n) is 2.05. The van der Waals surface area contributed by atoms with Gasteiger partial charge in [0.1, 0.15) is 5.75 Å². The SMILES string of the molecule is CC(C)Oc1ccc(C(C)NCc2cncc(Br)c2)cc1. The highest BCUT2D eigenvalue weighted by atomic mass is 79.9. The third-order valence-electron chi connectivity index (χ3n) is 3.13. The first-order valence-electron chi connectivity index (χ1n) is 7.14. The maximum atomic E-state index is 5.66. The largest absolute Gasteiger partial charge is 0.491 e. The first kappa shape index (κ1) is 16.0. The Bertz CT molecular complexity index is 569. The number of nitrogens with zero attached hydrogens (tertiary/aromatic N) is 1. The van der Waals surface area contributed by atoms with Crippen LogP contribution < -0.4 is 10.1 Å². The molecule has 21 heavy (non-hydrogen) atoms. The summed E-state index contributed by atoms with van der Waals surface area (Å²) in [7, 11) is 0. The number of aromatic nitrogens is 1. The van der Waals surface area contributed by atoms with Gasteiger partial charge in [-0.05, 0) is 66.0 Å². The summed E-state index contributed by atoms with van der Waals surface area (Å²) in [5.74, 6) is 0.914. The smallest absolute Gasteiger partial charge is 0.119 e. The van der Waals surface area contributed by atoms with Crippen molar-refractivity contribution in [3.8, 4) is 5.75 Å². The Morgan fingerprint density at radius 1 is 1.14 bits per heavy atom. The van der Waals surface area contributed by atoms with E-state index in [1.54, 1.807) is 6.20 Å². The number of hydrogen-bond acceptors (Lipinski definition) is 3. The molecule has 2 rings (SSSR count). The molecule has 4 heteroatoms. The quantitative estimate of drug-likeness (QED) is 0.835. The van der Waals surface area contributed by atoms with Crippen LogP contribution in [-0.4, -0.2) is 11.1 Å². The number of pyridine rings is 1. The second kappa shape index (κ2) is 7.57. The van der Waals surface area contributed by atoms with Crippen LogP contribution in [0.3, 0.4) is 0 Å². The predicted molar refractivity (Wildman–Crippen MR) is 89.4 cm³/mol. The molecule has 0 aliphatic heterocycles. The Morgan fingerprint density at radius 3 is 2.48 bits per heavy atom. The fourth-order valence-corrected chi connectivity index (χ4v) is 2.46. The van der Waals surface area contributed by atoms with Crippen LogP contribution in [0.5, 0.6) is 5.75 Å². The molecule has 0 fully saturated rings. The summed E-state index contributed by atoms with van der Waals surface area (Å²) in [6, 6.07) is 10.6. The van der Waals surface area contributed by atoms with Crippen molar-refractivity contribution in [2.75, 3.05) is 0 Å². The molecule has 2 aromatic rings. The molecule has 0 amide bonds. The van der Waals surface area contributed by atoms with Crippen LogP contribution in [0.2, 0.25) is 0 Å². The average Bonchev–Trinajstić information content (AvgIpc) is 2.45. The summed E-state index contributed by atoms with van der Waals surface area (Å²) in [5.41, 5.74) is 2.41. The summed E-state index contributed by atoms with van der Waals surface area (Å²) in [6.07, 6.45) is 3.88. The lowest BCUT2D eigenvalue weighted by atomic mass is 10.1. The van der Waals surface area contributed by atoms with Crippen molar-refractivity contribution >= 4 is 15.9 Å². The number of rotatable bonds is 6. The van der Waals surface area contributed by atoms with E-state index >= 15 is 0 Å². The number of benzene rings is 1. The minimum absolute atomic E-state index is 0.204. The van der Waals surface area contributed by atoms with Gasteiger partial charge in [0.25, 0.3) is 0 Å². The Balaban J connectivity index is 1.92. The highest BCUT2D eigenvalue weighted by Gasteiger charge is 2.06. The molecule has 1 atom stereocenters. The zero-order chi connectivity index (χ0) is 15.2. The standard InChI is InChI=1S/C17H21BrN2O/c1-12(2)21-17-6-4-15(5-7-17)13(3)20-10-14-8-16(18)11-19-9-14/h4-9,11-13,20H,10H2,1-3H3. The van der Waals surface area contributed by atoms with E-state index in [1.165, 1.54) is 5.56 Å². The number of halogens is 1. The number of nitrogens with one attached hydrogen (secondary N) is 1. The zero-order valence-corrected chi connectivity index (χ0v) is 14.2. The highest BCUT2D eigenvalue weighted by molar-refractivity contribution is 9.10. The van der Waals surface area contributed by atoms with Crippen molar-refractivity contribution in [1.29, 1.82) is 0 Å². The summed E-state index contributed by atoms with van der Waals surface area (Å²) in [6.45, 7) is 7.01. The predicted octanol–water partition coefficient (Wildman–Crippen LogP) is 4.48. The van der Waals surface area contributed by atoms with Gasteiger partial charge < -0.3 is 10.1 Å². The molecule has 112 valence electrons. The molecule has 0 spiro atoms. The first-order chi connectivity index (χ1) is 10.0. The normalized spacial score (nSPS) is 12.4. The van der Waals surface area contributed by atoms with Crippen LogP contribution in [0.4, 0.5) is 0 Å². The van der Waals surface area contributed by atoms with Gasteiger partial charge in [-0.15, -0.1) is 0 Å². The maximum Gasteiger partial charge on any atom is 0.119 e. The minimum Gasteiger partial charge on any atom is -0.491 e. The molecule has 0 saturated heterocycles. The van der Waals surface area contributed by atoms with Crippen LogP contribution in [0, 0.1) is 0 Å². The van der Waals surface area contributed by atoms with Gasteiger partial charge >= 0.3 is 0 Å². The van der Waals surface area contributed by atoms with Crippen molar-refractivity contribution in [3.05, 3.63) is 58.3 Å². The molecule has 1 aromatic heterocycles. The van der Waals surface area contributed by atoms with Gasteiger partial charge in [-0.1, -0.05) is 12.1 Å². The maximum absolute atomic E-state index is 5.66. The van der Waals surface area contributed by atoms with Gasteiger partial charge in [0.2, 0.25) is 0 Å². The van der Waals surface area contributed by atoms with Gasteiger partial charge in [0.15, 0.2) is 0 Å². The molecular weight excluding hydrogens is 328 g/mol. The van der Waals surface area contributed by atoms with E-state index in [1.807, 2.05) is 32.2 Å². The molecular formula is C17H21BrN2O. The van der Waals surface area contributed by atoms with E-state index in [0.29, 0.717) is 0 Å². The van der Waals surface area contributed by atoms with Crippen LogP contribution in [0.1, 0.15) is 37.9 Å². The van der Waals surface area contributed by atoms with E-state index < -0.39 is 0 Å². The monoisotopic (exact) mass is 348 g/mol. The molecule has 1 N–H and O–H groups in total. The van der Waals surface area contributed by atoms with Crippen molar-refractivity contribution in [3.63, 3.8) is 0 Å². The second-order valence-corrected chi connectivity index (χ2v) is 6.27.